The number of nitrogens with zero attached hydrogens (tertiary/aromatic N) is 4. The predicted octanol–water partition coefficient (Wildman–Crippen LogP) is 4.10. The summed E-state index contributed by atoms with van der Waals surface area (Å²) in [5.74, 6) is 2.77. The van der Waals surface area contributed by atoms with Crippen LogP contribution in [0.4, 0.5) is 17.3 Å². The minimum Gasteiger partial charge on any atom is -0.357 e. The van der Waals surface area contributed by atoms with Gasteiger partial charge in [0.2, 0.25) is 0 Å². The standard InChI is InChI=1S/C18H26N4/c1-6-21(7-2)17-13-18(20-15(5)19-17)22(8-3)16-11-9-10-14(4)12-16/h9-13H,6-8H2,1-5H3. The minimum atomic E-state index is 0.811. The fraction of sp³-hybridized carbons (Fsp3) is 0.444. The van der Waals surface area contributed by atoms with Crippen LogP contribution in [0.3, 0.4) is 0 Å². The number of rotatable bonds is 6. The fourth-order valence-electron chi connectivity index (χ4n) is 2.66. The average Bonchev–Trinajstić information content (AvgIpc) is 2.49. The quantitative estimate of drug-likeness (QED) is 0.804. The highest BCUT2D eigenvalue weighted by molar-refractivity contribution is 5.63. The zero-order chi connectivity index (χ0) is 16.1. The molecule has 118 valence electrons. The summed E-state index contributed by atoms with van der Waals surface area (Å²) in [4.78, 5) is 13.7. The Kier molecular flexibility index (Phi) is 5.36. The van der Waals surface area contributed by atoms with Crippen molar-refractivity contribution in [2.75, 3.05) is 29.4 Å². The van der Waals surface area contributed by atoms with Crippen molar-refractivity contribution in [3.8, 4) is 0 Å². The molecule has 22 heavy (non-hydrogen) atoms. The Balaban J connectivity index is 2.45. The van der Waals surface area contributed by atoms with E-state index in [1.54, 1.807) is 0 Å². The van der Waals surface area contributed by atoms with E-state index >= 15 is 0 Å². The molecule has 2 aromatic rings. The van der Waals surface area contributed by atoms with Gasteiger partial charge in [0.05, 0.1) is 0 Å². The molecule has 0 saturated carbocycles. The lowest BCUT2D eigenvalue weighted by Crippen LogP contribution is -2.25. The molecule has 0 amide bonds. The number of aryl methyl sites for hydroxylation is 2. The van der Waals surface area contributed by atoms with Gasteiger partial charge in [-0.2, -0.15) is 0 Å². The van der Waals surface area contributed by atoms with Crippen LogP contribution in [-0.2, 0) is 0 Å². The fourth-order valence-corrected chi connectivity index (χ4v) is 2.66. The lowest BCUT2D eigenvalue weighted by Gasteiger charge is -2.26. The molecule has 1 aromatic carbocycles. The molecule has 0 saturated heterocycles. The van der Waals surface area contributed by atoms with Crippen molar-refractivity contribution in [3.05, 3.63) is 41.7 Å². The van der Waals surface area contributed by atoms with Crippen LogP contribution in [0.5, 0.6) is 0 Å². The van der Waals surface area contributed by atoms with Gasteiger partial charge in [-0.3, -0.25) is 0 Å². The molecule has 0 spiro atoms. The second kappa shape index (κ2) is 7.25. The van der Waals surface area contributed by atoms with Crippen LogP contribution in [0.25, 0.3) is 0 Å². The van der Waals surface area contributed by atoms with Crippen LogP contribution in [0, 0.1) is 13.8 Å². The molecule has 0 aliphatic rings. The summed E-state index contributed by atoms with van der Waals surface area (Å²) in [6.07, 6.45) is 0. The Morgan fingerprint density at radius 3 is 2.14 bits per heavy atom. The number of aromatic nitrogens is 2. The highest BCUT2D eigenvalue weighted by Crippen LogP contribution is 2.26. The Morgan fingerprint density at radius 1 is 0.864 bits per heavy atom. The molecule has 1 heterocycles. The smallest absolute Gasteiger partial charge is 0.138 e. The largest absolute Gasteiger partial charge is 0.357 e. The summed E-state index contributed by atoms with van der Waals surface area (Å²) in [7, 11) is 0. The van der Waals surface area contributed by atoms with Crippen molar-refractivity contribution in [2.24, 2.45) is 0 Å². The SMILES string of the molecule is CCN(CC)c1cc(N(CC)c2cccc(C)c2)nc(C)n1. The van der Waals surface area contributed by atoms with Gasteiger partial charge < -0.3 is 9.80 Å². The first-order valence-corrected chi connectivity index (χ1v) is 8.03. The summed E-state index contributed by atoms with van der Waals surface area (Å²) in [5.41, 5.74) is 2.43. The zero-order valence-corrected chi connectivity index (χ0v) is 14.3. The van der Waals surface area contributed by atoms with Gasteiger partial charge in [0, 0.05) is 31.4 Å². The summed E-state index contributed by atoms with van der Waals surface area (Å²) in [5, 5.41) is 0. The molecule has 0 bridgehead atoms. The van der Waals surface area contributed by atoms with Crippen molar-refractivity contribution in [1.29, 1.82) is 0 Å². The third kappa shape index (κ3) is 3.56. The Bertz CT molecular complexity index is 620. The normalized spacial score (nSPS) is 10.6. The van der Waals surface area contributed by atoms with Gasteiger partial charge in [0.15, 0.2) is 0 Å². The van der Waals surface area contributed by atoms with Gasteiger partial charge in [-0.05, 0) is 52.3 Å². The van der Waals surface area contributed by atoms with Crippen LogP contribution in [0.2, 0.25) is 0 Å². The molecular formula is C18H26N4. The number of benzene rings is 1. The topological polar surface area (TPSA) is 32.3 Å². The van der Waals surface area contributed by atoms with Gasteiger partial charge in [-0.25, -0.2) is 9.97 Å². The zero-order valence-electron chi connectivity index (χ0n) is 14.3. The lowest BCUT2D eigenvalue weighted by atomic mass is 10.2. The molecule has 0 radical (unpaired) electrons. The highest BCUT2D eigenvalue weighted by Gasteiger charge is 2.13. The van der Waals surface area contributed by atoms with Crippen molar-refractivity contribution in [3.63, 3.8) is 0 Å². The van der Waals surface area contributed by atoms with E-state index in [2.05, 4.69) is 77.8 Å². The Morgan fingerprint density at radius 2 is 1.55 bits per heavy atom. The van der Waals surface area contributed by atoms with E-state index in [9.17, 15) is 0 Å². The van der Waals surface area contributed by atoms with Gasteiger partial charge >= 0.3 is 0 Å². The van der Waals surface area contributed by atoms with Crippen LogP contribution in [0.1, 0.15) is 32.2 Å². The second-order valence-electron chi connectivity index (χ2n) is 5.39. The van der Waals surface area contributed by atoms with Gasteiger partial charge in [0.1, 0.15) is 17.5 Å². The first-order valence-electron chi connectivity index (χ1n) is 8.03. The van der Waals surface area contributed by atoms with Crippen LogP contribution in [0.15, 0.2) is 30.3 Å². The molecular weight excluding hydrogens is 272 g/mol. The lowest BCUT2D eigenvalue weighted by molar-refractivity contribution is 0.830. The monoisotopic (exact) mass is 298 g/mol. The molecule has 0 aliphatic carbocycles. The molecule has 1 aromatic heterocycles. The van der Waals surface area contributed by atoms with E-state index in [-0.39, 0.29) is 0 Å². The van der Waals surface area contributed by atoms with Gasteiger partial charge in [-0.15, -0.1) is 0 Å². The van der Waals surface area contributed by atoms with Gasteiger partial charge in [-0.1, -0.05) is 12.1 Å². The third-order valence-corrected chi connectivity index (χ3v) is 3.80. The van der Waals surface area contributed by atoms with E-state index in [1.165, 1.54) is 11.3 Å². The summed E-state index contributed by atoms with van der Waals surface area (Å²) in [6, 6.07) is 10.6. The highest BCUT2D eigenvalue weighted by atomic mass is 15.2. The van der Waals surface area contributed by atoms with Crippen molar-refractivity contribution >= 4 is 17.3 Å². The maximum atomic E-state index is 4.65. The van der Waals surface area contributed by atoms with Crippen molar-refractivity contribution in [1.82, 2.24) is 9.97 Å². The summed E-state index contributed by atoms with van der Waals surface area (Å²) < 4.78 is 0. The molecule has 0 aliphatic heterocycles. The molecule has 0 fully saturated rings. The molecule has 2 rings (SSSR count). The summed E-state index contributed by atoms with van der Waals surface area (Å²) >= 11 is 0. The Hall–Kier alpha value is -2.10. The Labute approximate surface area is 133 Å². The summed E-state index contributed by atoms with van der Waals surface area (Å²) in [6.45, 7) is 13.3. The molecule has 0 N–H and O–H groups in total. The van der Waals surface area contributed by atoms with E-state index in [0.717, 1.165) is 37.1 Å². The number of hydrogen-bond acceptors (Lipinski definition) is 4. The molecule has 4 nitrogen and oxygen atoms in total. The minimum absolute atomic E-state index is 0.811. The second-order valence-corrected chi connectivity index (χ2v) is 5.39. The van der Waals surface area contributed by atoms with Crippen molar-refractivity contribution < 1.29 is 0 Å². The first-order chi connectivity index (χ1) is 10.6. The van der Waals surface area contributed by atoms with Crippen LogP contribution in [-0.4, -0.2) is 29.6 Å². The molecule has 0 atom stereocenters. The molecule has 4 heteroatoms. The number of anilines is 3. The van der Waals surface area contributed by atoms with E-state index in [0.29, 0.717) is 0 Å². The van der Waals surface area contributed by atoms with Crippen LogP contribution >= 0.6 is 0 Å². The van der Waals surface area contributed by atoms with E-state index < -0.39 is 0 Å². The number of hydrogen-bond donors (Lipinski definition) is 0. The third-order valence-electron chi connectivity index (χ3n) is 3.80. The van der Waals surface area contributed by atoms with Crippen molar-refractivity contribution in [2.45, 2.75) is 34.6 Å². The maximum Gasteiger partial charge on any atom is 0.138 e. The predicted molar refractivity (Wildman–Crippen MR) is 94.2 cm³/mol. The van der Waals surface area contributed by atoms with E-state index in [1.807, 2.05) is 6.92 Å². The van der Waals surface area contributed by atoms with Gasteiger partial charge in [0.25, 0.3) is 0 Å². The maximum absolute atomic E-state index is 4.65. The van der Waals surface area contributed by atoms with Crippen LogP contribution < -0.4 is 9.80 Å². The molecule has 0 unspecified atom stereocenters. The average molecular weight is 298 g/mol. The van der Waals surface area contributed by atoms with E-state index in [4.69, 9.17) is 0 Å². The first kappa shape index (κ1) is 16.3.